The van der Waals surface area contributed by atoms with E-state index in [0.29, 0.717) is 0 Å². The molecule has 0 N–H and O–H groups in total. The molecule has 5 heteroatoms. The Morgan fingerprint density at radius 3 is 1.00 bits per heavy atom. The Balaban J connectivity index is 0. The van der Waals surface area contributed by atoms with Crippen LogP contribution in [0.3, 0.4) is 0 Å². The maximum absolute atomic E-state index is 5.43. The monoisotopic (exact) mass is 211 g/mol. The van der Waals surface area contributed by atoms with Crippen molar-refractivity contribution in [1.29, 1.82) is 0 Å². The fourth-order valence-electron chi connectivity index (χ4n) is 0.763. The van der Waals surface area contributed by atoms with Crippen LogP contribution >= 0.6 is 0 Å². The number of hydrogen-bond donors (Lipinski definition) is 0. The molecule has 0 bridgehead atoms. The van der Waals surface area contributed by atoms with E-state index in [4.69, 9.17) is 14.0 Å². The molecule has 0 saturated heterocycles. The molecular formula is C9H21BNaO3. The fourth-order valence-corrected chi connectivity index (χ4v) is 0.763. The average molecular weight is 211 g/mol. The summed E-state index contributed by atoms with van der Waals surface area (Å²) in [6.45, 7) is 11.8. The summed E-state index contributed by atoms with van der Waals surface area (Å²) >= 11 is 0. The number of hydrogen-bond acceptors (Lipinski definition) is 3. The van der Waals surface area contributed by atoms with Crippen molar-refractivity contribution < 1.29 is 43.5 Å². The summed E-state index contributed by atoms with van der Waals surface area (Å²) in [6, 6.07) is 0. The van der Waals surface area contributed by atoms with Gasteiger partial charge in [0.2, 0.25) is 0 Å². The van der Waals surface area contributed by atoms with E-state index in [1.165, 1.54) is 0 Å². The predicted octanol–water partition coefficient (Wildman–Crippen LogP) is -0.750. The molecule has 0 unspecified atom stereocenters. The summed E-state index contributed by atoms with van der Waals surface area (Å²) in [7, 11) is -0.542. The van der Waals surface area contributed by atoms with Crippen LogP contribution < -0.4 is 29.6 Å². The first-order valence-electron chi connectivity index (χ1n) is 4.88. The van der Waals surface area contributed by atoms with Gasteiger partial charge in [-0.3, -0.25) is 0 Å². The van der Waals surface area contributed by atoms with Crippen molar-refractivity contribution in [3.8, 4) is 0 Å². The Morgan fingerprint density at radius 1 is 0.643 bits per heavy atom. The molecule has 0 atom stereocenters. The second kappa shape index (κ2) is 9.19. The van der Waals surface area contributed by atoms with Crippen molar-refractivity contribution in [2.45, 2.75) is 59.9 Å². The molecule has 14 heavy (non-hydrogen) atoms. The van der Waals surface area contributed by atoms with Crippen molar-refractivity contribution in [3.05, 3.63) is 0 Å². The molecule has 0 amide bonds. The maximum atomic E-state index is 5.43. The van der Waals surface area contributed by atoms with Crippen LogP contribution in [0, 0.1) is 0 Å². The van der Waals surface area contributed by atoms with Crippen LogP contribution in [0.1, 0.15) is 41.5 Å². The Hall–Kier alpha value is 0.945. The minimum atomic E-state index is -0.542. The number of rotatable bonds is 6. The normalized spacial score (nSPS) is 11.6. The van der Waals surface area contributed by atoms with Crippen molar-refractivity contribution in [3.63, 3.8) is 0 Å². The Kier molecular flexibility index (Phi) is 11.4. The van der Waals surface area contributed by atoms with Crippen molar-refractivity contribution in [2.75, 3.05) is 0 Å². The Labute approximate surface area is 110 Å². The molecule has 0 aromatic rings. The fraction of sp³-hybridized carbons (Fsp3) is 1.00. The molecule has 0 rings (SSSR count). The largest absolute Gasteiger partial charge is 1.00 e. The Bertz CT molecular complexity index is 107. The maximum Gasteiger partial charge on any atom is 1.00 e. The summed E-state index contributed by atoms with van der Waals surface area (Å²) in [4.78, 5) is 0. The van der Waals surface area contributed by atoms with Gasteiger partial charge in [-0.1, -0.05) is 0 Å². The smallest absolute Gasteiger partial charge is 0.564 e. The summed E-state index contributed by atoms with van der Waals surface area (Å²) in [5.41, 5.74) is 0. The van der Waals surface area contributed by atoms with Gasteiger partial charge in [-0.25, -0.2) is 0 Å². The molecule has 3 nitrogen and oxygen atoms in total. The molecule has 0 aromatic carbocycles. The third-order valence-electron chi connectivity index (χ3n) is 1.15. The molecule has 0 aliphatic heterocycles. The first kappa shape index (κ1) is 17.3. The van der Waals surface area contributed by atoms with E-state index < -0.39 is 7.32 Å². The molecular weight excluding hydrogens is 190 g/mol. The molecule has 0 aliphatic carbocycles. The SMILES string of the molecule is CC(C)O[B-](OC(C)C)OC(C)C.[Na+]. The minimum Gasteiger partial charge on any atom is -0.564 e. The molecule has 0 aliphatic rings. The van der Waals surface area contributed by atoms with Gasteiger partial charge in [-0.15, -0.1) is 0 Å². The second-order valence-corrected chi connectivity index (χ2v) is 3.84. The van der Waals surface area contributed by atoms with Gasteiger partial charge in [0.05, 0.1) is 0 Å². The van der Waals surface area contributed by atoms with Gasteiger partial charge in [-0.2, -0.15) is 0 Å². The first-order valence-corrected chi connectivity index (χ1v) is 4.88. The molecule has 0 heterocycles. The predicted molar refractivity (Wildman–Crippen MR) is 54.4 cm³/mol. The van der Waals surface area contributed by atoms with Crippen LogP contribution in [0.5, 0.6) is 0 Å². The zero-order valence-electron chi connectivity index (χ0n) is 10.5. The topological polar surface area (TPSA) is 27.7 Å². The molecule has 0 spiro atoms. The van der Waals surface area contributed by atoms with E-state index in [9.17, 15) is 0 Å². The van der Waals surface area contributed by atoms with Gasteiger partial charge in [0.25, 0.3) is 0 Å². The summed E-state index contributed by atoms with van der Waals surface area (Å²) < 4.78 is 16.3. The third kappa shape index (κ3) is 11.0. The van der Waals surface area contributed by atoms with E-state index in [1.54, 1.807) is 0 Å². The summed E-state index contributed by atoms with van der Waals surface area (Å²) in [5.74, 6) is 0. The second-order valence-electron chi connectivity index (χ2n) is 3.84. The van der Waals surface area contributed by atoms with Gasteiger partial charge in [0.15, 0.2) is 0 Å². The van der Waals surface area contributed by atoms with Crippen LogP contribution in [0.25, 0.3) is 0 Å². The zero-order valence-corrected chi connectivity index (χ0v) is 12.5. The van der Waals surface area contributed by atoms with Crippen molar-refractivity contribution in [1.82, 2.24) is 0 Å². The van der Waals surface area contributed by atoms with Gasteiger partial charge in [0, 0.05) is 18.3 Å². The average Bonchev–Trinajstić information content (AvgIpc) is 1.80. The van der Waals surface area contributed by atoms with Gasteiger partial charge < -0.3 is 14.0 Å². The zero-order chi connectivity index (χ0) is 10.4. The minimum absolute atomic E-state index is 0. The molecule has 0 aromatic heterocycles. The third-order valence-corrected chi connectivity index (χ3v) is 1.15. The summed E-state index contributed by atoms with van der Waals surface area (Å²) in [5, 5.41) is 0. The van der Waals surface area contributed by atoms with Gasteiger partial charge in [-0.05, 0) is 41.5 Å². The first-order chi connectivity index (χ1) is 5.91. The van der Waals surface area contributed by atoms with Crippen molar-refractivity contribution in [2.24, 2.45) is 0 Å². The quantitative estimate of drug-likeness (QED) is 0.541. The van der Waals surface area contributed by atoms with E-state index in [1.807, 2.05) is 41.5 Å². The van der Waals surface area contributed by atoms with Crippen LogP contribution in [0.15, 0.2) is 0 Å². The van der Waals surface area contributed by atoms with Gasteiger partial charge in [0.1, 0.15) is 0 Å². The van der Waals surface area contributed by atoms with Crippen molar-refractivity contribution >= 4 is 7.32 Å². The Morgan fingerprint density at radius 2 is 0.857 bits per heavy atom. The van der Waals surface area contributed by atoms with E-state index >= 15 is 0 Å². The van der Waals surface area contributed by atoms with E-state index in [2.05, 4.69) is 0 Å². The van der Waals surface area contributed by atoms with E-state index in [-0.39, 0.29) is 47.9 Å². The summed E-state index contributed by atoms with van der Waals surface area (Å²) in [6.07, 6.45) is 0.340. The molecule has 1 radical (unpaired) electrons. The molecule has 0 saturated carbocycles. The van der Waals surface area contributed by atoms with Crippen LogP contribution in [0.4, 0.5) is 0 Å². The molecule has 0 fully saturated rings. The van der Waals surface area contributed by atoms with Crippen LogP contribution in [-0.2, 0) is 14.0 Å². The van der Waals surface area contributed by atoms with Crippen LogP contribution in [0.2, 0.25) is 0 Å². The van der Waals surface area contributed by atoms with Gasteiger partial charge >= 0.3 is 36.9 Å². The van der Waals surface area contributed by atoms with E-state index in [0.717, 1.165) is 0 Å². The standard InChI is InChI=1S/C9H21BO3.Na/c1-7(2)11-10(12-8(3)4)13-9(5)6;/h7-9H,1-6H3;/q-1;+1. The molecule has 79 valence electrons. The van der Waals surface area contributed by atoms with Crippen LogP contribution in [-0.4, -0.2) is 25.6 Å².